The number of piperidine rings is 1. The number of imidazole rings is 1. The maximum absolute atomic E-state index is 12.7. The average molecular weight is 359 g/mol. The molecule has 2 aromatic rings. The quantitative estimate of drug-likeness (QED) is 0.822. The molecule has 26 heavy (non-hydrogen) atoms. The molecule has 1 N–H and O–H groups in total. The Bertz CT molecular complexity index is 717. The number of aryl methyl sites for hydroxylation is 2. The second-order valence-electron chi connectivity index (χ2n) is 7.06. The van der Waals surface area contributed by atoms with Crippen molar-refractivity contribution in [2.45, 2.75) is 52.0 Å². The van der Waals surface area contributed by atoms with Gasteiger partial charge in [0.15, 0.2) is 0 Å². The van der Waals surface area contributed by atoms with Crippen molar-refractivity contribution >= 4 is 5.91 Å². The van der Waals surface area contributed by atoms with Gasteiger partial charge in [0.2, 0.25) is 5.91 Å². The van der Waals surface area contributed by atoms with Crippen LogP contribution in [0.2, 0.25) is 0 Å². The number of nitrogens with zero attached hydrogens (tertiary/aromatic N) is 4. The van der Waals surface area contributed by atoms with Gasteiger partial charge in [0.25, 0.3) is 0 Å². The lowest BCUT2D eigenvalue weighted by atomic mass is 9.96. The topological polar surface area (TPSA) is 76.0 Å². The molecule has 1 atom stereocenters. The molecule has 0 unspecified atom stereocenters. The van der Waals surface area contributed by atoms with Crippen LogP contribution in [0.3, 0.4) is 0 Å². The zero-order valence-corrected chi connectivity index (χ0v) is 16.0. The zero-order chi connectivity index (χ0) is 18.5. The maximum Gasteiger partial charge on any atom is 0.222 e. The molecule has 2 aromatic heterocycles. The van der Waals surface area contributed by atoms with Gasteiger partial charge in [-0.25, -0.2) is 4.98 Å². The minimum atomic E-state index is 0.227. The fourth-order valence-electron chi connectivity index (χ4n) is 3.81. The SMILES string of the molecule is COCCn1ccnc1[C@H]1CCCN(C(=O)CCc2c(C)n[nH]c2C)C1. The molecule has 0 bridgehead atoms. The van der Waals surface area contributed by atoms with E-state index in [-0.39, 0.29) is 5.91 Å². The third-order valence-corrected chi connectivity index (χ3v) is 5.29. The number of hydrogen-bond donors (Lipinski definition) is 1. The molecule has 0 saturated carbocycles. The molecule has 1 fully saturated rings. The molecule has 7 heteroatoms. The van der Waals surface area contributed by atoms with E-state index < -0.39 is 0 Å². The fraction of sp³-hybridized carbons (Fsp3) is 0.632. The van der Waals surface area contributed by atoms with Crippen molar-refractivity contribution in [2.24, 2.45) is 0 Å². The Hall–Kier alpha value is -2.15. The van der Waals surface area contributed by atoms with Crippen molar-refractivity contribution in [3.05, 3.63) is 35.2 Å². The van der Waals surface area contributed by atoms with Crippen molar-refractivity contribution in [3.63, 3.8) is 0 Å². The molecule has 142 valence electrons. The summed E-state index contributed by atoms with van der Waals surface area (Å²) in [6.45, 7) is 7.07. The monoisotopic (exact) mass is 359 g/mol. The van der Waals surface area contributed by atoms with Crippen molar-refractivity contribution in [3.8, 4) is 0 Å². The summed E-state index contributed by atoms with van der Waals surface area (Å²) < 4.78 is 7.34. The van der Waals surface area contributed by atoms with E-state index >= 15 is 0 Å². The molecule has 1 aliphatic rings. The number of carbonyl (C=O) groups excluding carboxylic acids is 1. The maximum atomic E-state index is 12.7. The first-order chi connectivity index (χ1) is 12.6. The van der Waals surface area contributed by atoms with Gasteiger partial charge in [-0.15, -0.1) is 0 Å². The molecule has 1 aliphatic heterocycles. The van der Waals surface area contributed by atoms with E-state index in [4.69, 9.17) is 4.74 Å². The third-order valence-electron chi connectivity index (χ3n) is 5.29. The van der Waals surface area contributed by atoms with Gasteiger partial charge in [0, 0.05) is 57.2 Å². The van der Waals surface area contributed by atoms with Gasteiger partial charge in [-0.05, 0) is 38.7 Å². The van der Waals surface area contributed by atoms with Crippen LogP contribution in [0.5, 0.6) is 0 Å². The highest BCUT2D eigenvalue weighted by atomic mass is 16.5. The summed E-state index contributed by atoms with van der Waals surface area (Å²) in [6, 6.07) is 0. The number of ether oxygens (including phenoxy) is 1. The number of rotatable bonds is 7. The van der Waals surface area contributed by atoms with Crippen LogP contribution in [-0.4, -0.2) is 57.4 Å². The van der Waals surface area contributed by atoms with Crippen LogP contribution >= 0.6 is 0 Å². The van der Waals surface area contributed by atoms with E-state index in [2.05, 4.69) is 19.7 Å². The second kappa shape index (κ2) is 8.49. The summed E-state index contributed by atoms with van der Waals surface area (Å²) in [5, 5.41) is 7.21. The van der Waals surface area contributed by atoms with E-state index in [0.717, 1.165) is 56.1 Å². The highest BCUT2D eigenvalue weighted by Gasteiger charge is 2.27. The van der Waals surface area contributed by atoms with Gasteiger partial charge in [-0.1, -0.05) is 0 Å². The first kappa shape index (κ1) is 18.6. The van der Waals surface area contributed by atoms with Crippen LogP contribution in [0.1, 0.15) is 48.0 Å². The predicted octanol–water partition coefficient (Wildman–Crippen LogP) is 2.21. The van der Waals surface area contributed by atoms with Crippen molar-refractivity contribution in [2.75, 3.05) is 26.8 Å². The molecule has 7 nitrogen and oxygen atoms in total. The largest absolute Gasteiger partial charge is 0.383 e. The van der Waals surface area contributed by atoms with Gasteiger partial charge in [-0.3, -0.25) is 9.89 Å². The van der Waals surface area contributed by atoms with Crippen LogP contribution < -0.4 is 0 Å². The summed E-state index contributed by atoms with van der Waals surface area (Å²) in [7, 11) is 1.71. The number of aromatic amines is 1. The van der Waals surface area contributed by atoms with E-state index in [1.54, 1.807) is 7.11 Å². The van der Waals surface area contributed by atoms with Crippen molar-refractivity contribution in [1.29, 1.82) is 0 Å². The van der Waals surface area contributed by atoms with Gasteiger partial charge >= 0.3 is 0 Å². The smallest absolute Gasteiger partial charge is 0.222 e. The van der Waals surface area contributed by atoms with Crippen molar-refractivity contribution in [1.82, 2.24) is 24.6 Å². The number of amides is 1. The van der Waals surface area contributed by atoms with Gasteiger partial charge in [-0.2, -0.15) is 5.10 Å². The number of hydrogen-bond acceptors (Lipinski definition) is 4. The van der Waals surface area contributed by atoms with Crippen LogP contribution in [-0.2, 0) is 22.5 Å². The van der Waals surface area contributed by atoms with Crippen LogP contribution in [0, 0.1) is 13.8 Å². The van der Waals surface area contributed by atoms with Crippen molar-refractivity contribution < 1.29 is 9.53 Å². The Balaban J connectivity index is 1.59. The average Bonchev–Trinajstić information content (AvgIpc) is 3.25. The standard InChI is InChI=1S/C19H29N5O2/c1-14-17(15(2)22-21-14)6-7-18(25)24-9-4-5-16(13-24)19-20-8-10-23(19)11-12-26-3/h8,10,16H,4-7,9,11-13H2,1-3H3,(H,21,22)/t16-/m0/s1. The second-order valence-corrected chi connectivity index (χ2v) is 7.06. The number of H-pyrrole nitrogens is 1. The molecule has 3 rings (SSSR count). The molecule has 1 saturated heterocycles. The number of carbonyl (C=O) groups is 1. The third kappa shape index (κ3) is 4.15. The van der Waals surface area contributed by atoms with Gasteiger partial charge in [0.05, 0.1) is 12.3 Å². The summed E-state index contributed by atoms with van der Waals surface area (Å²) in [5.74, 6) is 1.60. The summed E-state index contributed by atoms with van der Waals surface area (Å²) >= 11 is 0. The Labute approximate surface area is 154 Å². The van der Waals surface area contributed by atoms with Gasteiger partial charge < -0.3 is 14.2 Å². The minimum Gasteiger partial charge on any atom is -0.383 e. The van der Waals surface area contributed by atoms with Crippen LogP contribution in [0.15, 0.2) is 12.4 Å². The van der Waals surface area contributed by atoms with Gasteiger partial charge in [0.1, 0.15) is 5.82 Å². The van der Waals surface area contributed by atoms with Crippen LogP contribution in [0.25, 0.3) is 0 Å². The lowest BCUT2D eigenvalue weighted by Crippen LogP contribution is -2.40. The number of methoxy groups -OCH3 is 1. The Kier molecular flexibility index (Phi) is 6.08. The number of nitrogens with one attached hydrogen (secondary N) is 1. The van der Waals surface area contributed by atoms with E-state index in [9.17, 15) is 4.79 Å². The molecule has 0 spiro atoms. The Morgan fingerprint density at radius 3 is 3.00 bits per heavy atom. The molecule has 0 aromatic carbocycles. The molecule has 0 aliphatic carbocycles. The summed E-state index contributed by atoms with van der Waals surface area (Å²) in [5.41, 5.74) is 3.22. The first-order valence-electron chi connectivity index (χ1n) is 9.38. The minimum absolute atomic E-state index is 0.227. The zero-order valence-electron chi connectivity index (χ0n) is 16.0. The Morgan fingerprint density at radius 1 is 1.42 bits per heavy atom. The Morgan fingerprint density at radius 2 is 2.27 bits per heavy atom. The summed E-state index contributed by atoms with van der Waals surface area (Å²) in [4.78, 5) is 19.3. The molecule has 1 amide bonds. The van der Waals surface area contributed by atoms with E-state index in [1.807, 2.05) is 31.1 Å². The highest BCUT2D eigenvalue weighted by Crippen LogP contribution is 2.26. The molecule has 0 radical (unpaired) electrons. The fourth-order valence-corrected chi connectivity index (χ4v) is 3.81. The molecule has 3 heterocycles. The number of aromatic nitrogens is 4. The van der Waals surface area contributed by atoms with E-state index in [0.29, 0.717) is 18.9 Å². The molecular formula is C19H29N5O2. The first-order valence-corrected chi connectivity index (χ1v) is 9.38. The normalized spacial score (nSPS) is 17.7. The van der Waals surface area contributed by atoms with E-state index in [1.165, 1.54) is 5.56 Å². The molecular weight excluding hydrogens is 330 g/mol. The highest BCUT2D eigenvalue weighted by molar-refractivity contribution is 5.76. The van der Waals surface area contributed by atoms with Crippen LogP contribution in [0.4, 0.5) is 0 Å². The number of likely N-dealkylation sites (tertiary alicyclic amines) is 1. The summed E-state index contributed by atoms with van der Waals surface area (Å²) in [6.07, 6.45) is 7.23. The lowest BCUT2D eigenvalue weighted by Gasteiger charge is -2.33. The predicted molar refractivity (Wildman–Crippen MR) is 99.0 cm³/mol. The lowest BCUT2D eigenvalue weighted by molar-refractivity contribution is -0.132.